The van der Waals surface area contributed by atoms with Crippen LogP contribution in [0.2, 0.25) is 0 Å². The number of aryl methyl sites for hydroxylation is 2. The minimum absolute atomic E-state index is 0.0751. The van der Waals surface area contributed by atoms with Gasteiger partial charge in [-0.05, 0) is 43.5 Å². The smallest absolute Gasteiger partial charge is 0.416 e. The molecule has 152 valence electrons. The monoisotopic (exact) mass is 397 g/mol. The van der Waals surface area contributed by atoms with E-state index in [1.807, 2.05) is 13.8 Å². The molecule has 0 fully saturated rings. The third-order valence-corrected chi connectivity index (χ3v) is 4.58. The van der Waals surface area contributed by atoms with Gasteiger partial charge in [0.05, 0.1) is 11.3 Å². The van der Waals surface area contributed by atoms with E-state index in [0.29, 0.717) is 12.0 Å². The highest BCUT2D eigenvalue weighted by Crippen LogP contribution is 2.29. The zero-order valence-corrected chi connectivity index (χ0v) is 15.9. The molecule has 0 atom stereocenters. The number of aliphatic carboxylic acids is 1. The molecule has 1 N–H and O–H groups in total. The zero-order valence-electron chi connectivity index (χ0n) is 15.9. The first-order valence-electron chi connectivity index (χ1n) is 8.63. The van der Waals surface area contributed by atoms with Gasteiger partial charge in [-0.1, -0.05) is 12.1 Å². The lowest BCUT2D eigenvalue weighted by molar-refractivity contribution is -0.144. The molecular formula is C19H22F3N3O3. The zero-order chi connectivity index (χ0) is 21.1. The van der Waals surface area contributed by atoms with E-state index < -0.39 is 24.3 Å². The van der Waals surface area contributed by atoms with Gasteiger partial charge in [-0.15, -0.1) is 0 Å². The lowest BCUT2D eigenvalue weighted by Crippen LogP contribution is -2.35. The molecule has 0 unspecified atom stereocenters. The number of hydrogen-bond donors (Lipinski definition) is 1. The number of benzene rings is 1. The van der Waals surface area contributed by atoms with Gasteiger partial charge in [0.2, 0.25) is 5.91 Å². The van der Waals surface area contributed by atoms with Crippen molar-refractivity contribution in [3.05, 3.63) is 52.3 Å². The lowest BCUT2D eigenvalue weighted by atomic mass is 10.1. The lowest BCUT2D eigenvalue weighted by Gasteiger charge is -2.21. The summed E-state index contributed by atoms with van der Waals surface area (Å²) in [6.45, 7) is 3.13. The van der Waals surface area contributed by atoms with Crippen molar-refractivity contribution < 1.29 is 27.9 Å². The highest BCUT2D eigenvalue weighted by Gasteiger charge is 2.30. The van der Waals surface area contributed by atoms with Crippen molar-refractivity contribution in [2.24, 2.45) is 7.05 Å². The van der Waals surface area contributed by atoms with Crippen molar-refractivity contribution in [3.63, 3.8) is 0 Å². The van der Waals surface area contributed by atoms with Crippen LogP contribution in [-0.2, 0) is 35.8 Å². The van der Waals surface area contributed by atoms with Crippen LogP contribution in [0.1, 0.15) is 34.5 Å². The van der Waals surface area contributed by atoms with Crippen molar-refractivity contribution >= 4 is 11.9 Å². The van der Waals surface area contributed by atoms with Gasteiger partial charge in [0.25, 0.3) is 0 Å². The molecule has 0 spiro atoms. The van der Waals surface area contributed by atoms with E-state index in [2.05, 4.69) is 5.10 Å². The number of amides is 1. The van der Waals surface area contributed by atoms with Crippen LogP contribution >= 0.6 is 0 Å². The maximum atomic E-state index is 12.7. The fraction of sp³-hybridized carbons (Fsp3) is 0.421. The highest BCUT2D eigenvalue weighted by atomic mass is 19.4. The summed E-state index contributed by atoms with van der Waals surface area (Å²) >= 11 is 0. The second-order valence-corrected chi connectivity index (χ2v) is 6.61. The maximum Gasteiger partial charge on any atom is 0.416 e. The van der Waals surface area contributed by atoms with Crippen molar-refractivity contribution in [1.29, 1.82) is 0 Å². The number of carbonyl (C=O) groups is 2. The quantitative estimate of drug-likeness (QED) is 0.779. The number of hydrogen-bond acceptors (Lipinski definition) is 3. The van der Waals surface area contributed by atoms with E-state index in [4.69, 9.17) is 5.11 Å². The van der Waals surface area contributed by atoms with Gasteiger partial charge >= 0.3 is 12.1 Å². The molecule has 9 heteroatoms. The van der Waals surface area contributed by atoms with Crippen LogP contribution in [0.15, 0.2) is 24.3 Å². The Morgan fingerprint density at radius 3 is 2.25 bits per heavy atom. The molecule has 0 aliphatic carbocycles. The summed E-state index contributed by atoms with van der Waals surface area (Å²) in [5.74, 6) is -1.57. The molecule has 28 heavy (non-hydrogen) atoms. The average Bonchev–Trinajstić information content (AvgIpc) is 2.83. The van der Waals surface area contributed by atoms with Gasteiger partial charge < -0.3 is 10.0 Å². The van der Waals surface area contributed by atoms with E-state index >= 15 is 0 Å². The summed E-state index contributed by atoms with van der Waals surface area (Å²) in [5.41, 5.74) is 2.30. The van der Waals surface area contributed by atoms with Crippen molar-refractivity contribution in [2.45, 2.75) is 39.4 Å². The topological polar surface area (TPSA) is 75.4 Å². The molecular weight excluding hydrogens is 375 g/mol. The largest absolute Gasteiger partial charge is 0.480 e. The van der Waals surface area contributed by atoms with Crippen LogP contribution in [0.25, 0.3) is 0 Å². The standard InChI is InChI=1S/C19H22F3N3O3/c1-12-16(13(2)24(3)23-12)8-9-17(26)25(11-18(27)28)10-14-4-6-15(7-5-14)19(20,21)22/h4-7H,8-11H2,1-3H3,(H,27,28). The van der Waals surface area contributed by atoms with Crippen LogP contribution in [0.3, 0.4) is 0 Å². The van der Waals surface area contributed by atoms with Crippen molar-refractivity contribution in [3.8, 4) is 0 Å². The second-order valence-electron chi connectivity index (χ2n) is 6.61. The predicted octanol–water partition coefficient (Wildman–Crippen LogP) is 3.10. The minimum Gasteiger partial charge on any atom is -0.480 e. The van der Waals surface area contributed by atoms with Gasteiger partial charge in [0.15, 0.2) is 0 Å². The summed E-state index contributed by atoms with van der Waals surface area (Å²) < 4.78 is 39.7. The molecule has 1 amide bonds. The summed E-state index contributed by atoms with van der Waals surface area (Å²) in [6, 6.07) is 4.34. The Morgan fingerprint density at radius 1 is 1.18 bits per heavy atom. The Morgan fingerprint density at radius 2 is 1.79 bits per heavy atom. The van der Waals surface area contributed by atoms with E-state index in [-0.39, 0.29) is 18.9 Å². The van der Waals surface area contributed by atoms with Crippen LogP contribution in [0.5, 0.6) is 0 Å². The van der Waals surface area contributed by atoms with E-state index in [1.165, 1.54) is 12.1 Å². The minimum atomic E-state index is -4.45. The number of aromatic nitrogens is 2. The highest BCUT2D eigenvalue weighted by molar-refractivity contribution is 5.81. The number of rotatable bonds is 7. The second kappa shape index (κ2) is 8.45. The van der Waals surface area contributed by atoms with E-state index in [1.54, 1.807) is 11.7 Å². The first-order chi connectivity index (χ1) is 13.0. The maximum absolute atomic E-state index is 12.7. The van der Waals surface area contributed by atoms with E-state index in [0.717, 1.165) is 34.0 Å². The SMILES string of the molecule is Cc1nn(C)c(C)c1CCC(=O)N(CC(=O)O)Cc1ccc(C(F)(F)F)cc1. The first-order valence-corrected chi connectivity index (χ1v) is 8.63. The molecule has 0 saturated heterocycles. The third kappa shape index (κ3) is 5.34. The molecule has 0 aliphatic rings. The van der Waals surface area contributed by atoms with Crippen LogP contribution in [-0.4, -0.2) is 38.2 Å². The summed E-state index contributed by atoms with van der Waals surface area (Å²) in [4.78, 5) is 24.8. The van der Waals surface area contributed by atoms with Crippen molar-refractivity contribution in [1.82, 2.24) is 14.7 Å². The molecule has 6 nitrogen and oxygen atoms in total. The molecule has 2 rings (SSSR count). The Bertz CT molecular complexity index is 858. The normalized spacial score (nSPS) is 11.5. The number of carbonyl (C=O) groups excluding carboxylic acids is 1. The Hall–Kier alpha value is -2.84. The molecule has 0 saturated carbocycles. The molecule has 0 radical (unpaired) electrons. The number of alkyl halides is 3. The number of carboxylic acids is 1. The van der Waals surface area contributed by atoms with Gasteiger partial charge in [0.1, 0.15) is 6.54 Å². The van der Waals surface area contributed by atoms with Gasteiger partial charge in [-0.2, -0.15) is 18.3 Å². The molecule has 1 aromatic carbocycles. The fourth-order valence-electron chi connectivity index (χ4n) is 2.98. The predicted molar refractivity (Wildman–Crippen MR) is 95.5 cm³/mol. The Balaban J connectivity index is 2.09. The van der Waals surface area contributed by atoms with Crippen LogP contribution in [0.4, 0.5) is 13.2 Å². The molecule has 1 aromatic heterocycles. The number of halogens is 3. The van der Waals surface area contributed by atoms with Crippen molar-refractivity contribution in [2.75, 3.05) is 6.54 Å². The Labute approximate surface area is 160 Å². The summed E-state index contributed by atoms with van der Waals surface area (Å²) in [6.07, 6.45) is -3.96. The molecule has 2 aromatic rings. The third-order valence-electron chi connectivity index (χ3n) is 4.58. The van der Waals surface area contributed by atoms with Gasteiger partial charge in [-0.25, -0.2) is 0 Å². The van der Waals surface area contributed by atoms with Crippen LogP contribution < -0.4 is 0 Å². The molecule has 0 aliphatic heterocycles. The Kier molecular flexibility index (Phi) is 6.48. The fourth-order valence-corrected chi connectivity index (χ4v) is 2.98. The summed E-state index contributed by atoms with van der Waals surface area (Å²) in [7, 11) is 1.80. The van der Waals surface area contributed by atoms with Crippen LogP contribution in [0, 0.1) is 13.8 Å². The van der Waals surface area contributed by atoms with Gasteiger partial charge in [-0.3, -0.25) is 14.3 Å². The molecule has 0 bridgehead atoms. The van der Waals surface area contributed by atoms with Gasteiger partial charge in [0, 0.05) is 25.7 Å². The first kappa shape index (κ1) is 21.5. The average molecular weight is 397 g/mol. The number of carboxylic acid groups (broad SMARTS) is 1. The summed E-state index contributed by atoms with van der Waals surface area (Å²) in [5, 5.41) is 13.4. The molecule has 1 heterocycles. The van der Waals surface area contributed by atoms with E-state index in [9.17, 15) is 22.8 Å². The number of nitrogens with zero attached hydrogens (tertiary/aromatic N) is 3.